The van der Waals surface area contributed by atoms with E-state index in [0.29, 0.717) is 12.1 Å². The first kappa shape index (κ1) is 15.7. The lowest BCUT2D eigenvalue weighted by Gasteiger charge is -2.22. The highest BCUT2D eigenvalue weighted by Crippen LogP contribution is 2.24. The number of nitrogen functional groups attached to an aromatic ring is 1. The fourth-order valence-electron chi connectivity index (χ4n) is 1.75. The van der Waals surface area contributed by atoms with Crippen molar-refractivity contribution in [1.29, 1.82) is 0 Å². The van der Waals surface area contributed by atoms with Gasteiger partial charge in [-0.25, -0.2) is 12.8 Å². The van der Waals surface area contributed by atoms with Gasteiger partial charge in [0.05, 0.1) is 10.6 Å². The Morgan fingerprint density at radius 2 is 2.05 bits per heavy atom. The van der Waals surface area contributed by atoms with Crippen LogP contribution in [0.25, 0.3) is 0 Å². The minimum Gasteiger partial charge on any atom is -0.396 e. The van der Waals surface area contributed by atoms with Gasteiger partial charge in [-0.05, 0) is 31.5 Å². The van der Waals surface area contributed by atoms with Gasteiger partial charge < -0.3 is 5.73 Å². The number of benzene rings is 1. The van der Waals surface area contributed by atoms with Crippen LogP contribution in [0.2, 0.25) is 0 Å². The summed E-state index contributed by atoms with van der Waals surface area (Å²) in [7, 11) is -3.69. The van der Waals surface area contributed by atoms with E-state index in [4.69, 9.17) is 5.73 Å². The third kappa shape index (κ3) is 3.33. The maximum Gasteiger partial charge on any atom is 0.243 e. The Morgan fingerprint density at radius 3 is 2.53 bits per heavy atom. The number of aryl methyl sites for hydroxylation is 1. The molecule has 0 fully saturated rings. The lowest BCUT2D eigenvalue weighted by molar-refractivity contribution is 0.452. The summed E-state index contributed by atoms with van der Waals surface area (Å²) in [4.78, 5) is 0.0366. The molecule has 0 aliphatic rings. The standard InChI is InChI=1S/C13H19FN2O2S/c1-5-16(8-9(2)3)19(17,18)13-7-12(15)11(14)6-10(13)4/h6-7H,2,5,8,15H2,1,3-4H3. The predicted octanol–water partition coefficient (Wildman–Crippen LogP) is 2.30. The molecule has 1 rings (SSSR count). The Hall–Kier alpha value is -1.40. The summed E-state index contributed by atoms with van der Waals surface area (Å²) in [5, 5.41) is 0. The van der Waals surface area contributed by atoms with Crippen molar-refractivity contribution in [2.24, 2.45) is 0 Å². The summed E-state index contributed by atoms with van der Waals surface area (Å²) in [5.74, 6) is -0.612. The van der Waals surface area contributed by atoms with Crippen LogP contribution in [0.4, 0.5) is 10.1 Å². The predicted molar refractivity (Wildman–Crippen MR) is 74.8 cm³/mol. The molecular weight excluding hydrogens is 267 g/mol. The molecule has 106 valence electrons. The molecule has 19 heavy (non-hydrogen) atoms. The van der Waals surface area contributed by atoms with Crippen molar-refractivity contribution in [3.8, 4) is 0 Å². The number of hydrogen-bond donors (Lipinski definition) is 1. The van der Waals surface area contributed by atoms with Crippen molar-refractivity contribution in [2.45, 2.75) is 25.7 Å². The number of nitrogens with zero attached hydrogens (tertiary/aromatic N) is 1. The molecule has 1 aromatic carbocycles. The van der Waals surface area contributed by atoms with Gasteiger partial charge in [0.25, 0.3) is 0 Å². The summed E-state index contributed by atoms with van der Waals surface area (Å²) in [5.41, 5.74) is 6.36. The van der Waals surface area contributed by atoms with Crippen molar-refractivity contribution >= 4 is 15.7 Å². The molecule has 0 heterocycles. The van der Waals surface area contributed by atoms with Crippen LogP contribution in [-0.4, -0.2) is 25.8 Å². The van der Waals surface area contributed by atoms with Crippen LogP contribution in [-0.2, 0) is 10.0 Å². The first-order valence-electron chi connectivity index (χ1n) is 5.90. The van der Waals surface area contributed by atoms with Crippen molar-refractivity contribution in [1.82, 2.24) is 4.31 Å². The fraction of sp³-hybridized carbons (Fsp3) is 0.385. The second kappa shape index (κ2) is 5.71. The van der Waals surface area contributed by atoms with Crippen LogP contribution in [0.5, 0.6) is 0 Å². The average Bonchev–Trinajstić information content (AvgIpc) is 2.30. The summed E-state index contributed by atoms with van der Waals surface area (Å²) < 4.78 is 39.6. The van der Waals surface area contributed by atoms with Gasteiger partial charge in [-0.1, -0.05) is 19.1 Å². The van der Waals surface area contributed by atoms with Crippen LogP contribution in [0.15, 0.2) is 29.2 Å². The number of likely N-dealkylation sites (N-methyl/N-ethyl adjacent to an activating group) is 1. The van der Waals surface area contributed by atoms with Gasteiger partial charge in [-0.2, -0.15) is 4.31 Å². The molecule has 0 atom stereocenters. The highest BCUT2D eigenvalue weighted by atomic mass is 32.2. The van der Waals surface area contributed by atoms with Crippen molar-refractivity contribution < 1.29 is 12.8 Å². The molecule has 1 aromatic rings. The SMILES string of the molecule is C=C(C)CN(CC)S(=O)(=O)c1cc(N)c(F)cc1C. The molecular formula is C13H19FN2O2S. The van der Waals surface area contributed by atoms with Crippen LogP contribution in [0.1, 0.15) is 19.4 Å². The van der Waals surface area contributed by atoms with Crippen molar-refractivity contribution in [2.75, 3.05) is 18.8 Å². The maximum atomic E-state index is 13.3. The zero-order valence-electron chi connectivity index (χ0n) is 11.4. The minimum absolute atomic E-state index is 0.0366. The van der Waals surface area contributed by atoms with E-state index in [1.54, 1.807) is 20.8 Å². The van der Waals surface area contributed by atoms with E-state index in [2.05, 4.69) is 6.58 Å². The Kier molecular flexibility index (Phi) is 4.70. The van der Waals surface area contributed by atoms with E-state index < -0.39 is 15.8 Å². The Bertz CT molecular complexity index is 597. The lowest BCUT2D eigenvalue weighted by Crippen LogP contribution is -2.32. The summed E-state index contributed by atoms with van der Waals surface area (Å²) >= 11 is 0. The number of rotatable bonds is 5. The van der Waals surface area contributed by atoms with E-state index in [9.17, 15) is 12.8 Å². The van der Waals surface area contributed by atoms with Crippen LogP contribution >= 0.6 is 0 Å². The molecule has 0 aromatic heterocycles. The van der Waals surface area contributed by atoms with Crippen LogP contribution in [0, 0.1) is 12.7 Å². The number of halogens is 1. The number of anilines is 1. The second-order valence-corrected chi connectivity index (χ2v) is 6.43. The van der Waals surface area contributed by atoms with E-state index in [0.717, 1.165) is 11.6 Å². The molecule has 4 nitrogen and oxygen atoms in total. The summed E-state index contributed by atoms with van der Waals surface area (Å²) in [6.45, 7) is 9.29. The largest absolute Gasteiger partial charge is 0.396 e. The minimum atomic E-state index is -3.69. The van der Waals surface area contributed by atoms with E-state index in [1.807, 2.05) is 0 Å². The third-order valence-electron chi connectivity index (χ3n) is 2.71. The van der Waals surface area contributed by atoms with Gasteiger partial charge in [0.15, 0.2) is 0 Å². The molecule has 0 amide bonds. The van der Waals surface area contributed by atoms with Gasteiger partial charge >= 0.3 is 0 Å². The first-order chi connectivity index (χ1) is 8.70. The number of hydrogen-bond acceptors (Lipinski definition) is 3. The second-order valence-electron chi connectivity index (χ2n) is 4.53. The molecule has 0 aliphatic carbocycles. The fourth-order valence-corrected chi connectivity index (χ4v) is 3.50. The molecule has 0 saturated heterocycles. The van der Waals surface area contributed by atoms with Crippen LogP contribution in [0.3, 0.4) is 0 Å². The Labute approximate surface area is 113 Å². The smallest absolute Gasteiger partial charge is 0.243 e. The third-order valence-corrected chi connectivity index (χ3v) is 4.77. The highest BCUT2D eigenvalue weighted by molar-refractivity contribution is 7.89. The quantitative estimate of drug-likeness (QED) is 0.667. The van der Waals surface area contributed by atoms with Gasteiger partial charge in [0.2, 0.25) is 10.0 Å². The molecule has 0 aliphatic heterocycles. The lowest BCUT2D eigenvalue weighted by atomic mass is 10.2. The average molecular weight is 286 g/mol. The van der Waals surface area contributed by atoms with Gasteiger partial charge in [0.1, 0.15) is 5.82 Å². The Morgan fingerprint density at radius 1 is 1.47 bits per heavy atom. The normalized spacial score (nSPS) is 11.8. The van der Waals surface area contributed by atoms with Crippen LogP contribution < -0.4 is 5.73 Å². The summed E-state index contributed by atoms with van der Waals surface area (Å²) in [6.07, 6.45) is 0. The first-order valence-corrected chi connectivity index (χ1v) is 7.34. The molecule has 0 radical (unpaired) electrons. The van der Waals surface area contributed by atoms with Gasteiger partial charge in [-0.3, -0.25) is 0 Å². The molecule has 0 bridgehead atoms. The molecule has 2 N–H and O–H groups in total. The monoisotopic (exact) mass is 286 g/mol. The highest BCUT2D eigenvalue weighted by Gasteiger charge is 2.25. The van der Waals surface area contributed by atoms with Crippen molar-refractivity contribution in [3.05, 3.63) is 35.7 Å². The van der Waals surface area contributed by atoms with E-state index in [-0.39, 0.29) is 17.1 Å². The topological polar surface area (TPSA) is 63.4 Å². The van der Waals surface area contributed by atoms with Crippen molar-refractivity contribution in [3.63, 3.8) is 0 Å². The molecule has 0 spiro atoms. The Balaban J connectivity index is 3.33. The maximum absolute atomic E-state index is 13.3. The molecule has 0 saturated carbocycles. The zero-order valence-corrected chi connectivity index (χ0v) is 12.2. The van der Waals surface area contributed by atoms with E-state index in [1.165, 1.54) is 10.4 Å². The van der Waals surface area contributed by atoms with Gasteiger partial charge in [-0.15, -0.1) is 0 Å². The number of sulfonamides is 1. The van der Waals surface area contributed by atoms with E-state index >= 15 is 0 Å². The number of nitrogens with two attached hydrogens (primary N) is 1. The molecule has 6 heteroatoms. The van der Waals surface area contributed by atoms with Gasteiger partial charge in [0, 0.05) is 13.1 Å². The molecule has 0 unspecified atom stereocenters. The zero-order chi connectivity index (χ0) is 14.8. The summed E-state index contributed by atoms with van der Waals surface area (Å²) in [6, 6.07) is 2.30.